The first-order chi connectivity index (χ1) is 11.7. The average molecular weight is 475 g/mol. The minimum absolute atomic E-state index is 0. The molecule has 0 radical (unpaired) electrons. The summed E-state index contributed by atoms with van der Waals surface area (Å²) in [5.41, 5.74) is 1.13. The zero-order valence-electron chi connectivity index (χ0n) is 15.0. The maximum atomic E-state index is 4.56. The molecule has 0 saturated carbocycles. The van der Waals surface area contributed by atoms with Gasteiger partial charge in [-0.3, -0.25) is 4.99 Å². The van der Waals surface area contributed by atoms with E-state index in [9.17, 15) is 0 Å². The molecule has 3 rings (SSSR count). The Balaban J connectivity index is 0.00000225. The maximum absolute atomic E-state index is 4.56. The zero-order chi connectivity index (χ0) is 16.9. The van der Waals surface area contributed by atoms with E-state index in [4.69, 9.17) is 0 Å². The Bertz CT molecular complexity index is 703. The van der Waals surface area contributed by atoms with Crippen molar-refractivity contribution in [2.24, 2.45) is 4.99 Å². The number of hydrogen-bond acceptors (Lipinski definition) is 5. The van der Waals surface area contributed by atoms with Gasteiger partial charge in [-0.05, 0) is 26.7 Å². The third-order valence-electron chi connectivity index (χ3n) is 4.28. The molecule has 0 aromatic carbocycles. The lowest BCUT2D eigenvalue weighted by Gasteiger charge is -2.16. The van der Waals surface area contributed by atoms with Crippen LogP contribution in [0.2, 0.25) is 0 Å². The van der Waals surface area contributed by atoms with E-state index >= 15 is 0 Å². The SMILES string of the molecule is CN=C(NCCc1nc(C)c(C)s1)NCc1nnc2n1CCCC2.I. The number of aliphatic imine (C=N–C) groups is 1. The molecule has 1 aliphatic heterocycles. The summed E-state index contributed by atoms with van der Waals surface area (Å²) in [6.07, 6.45) is 4.36. The fourth-order valence-electron chi connectivity index (χ4n) is 2.82. The Morgan fingerprint density at radius 2 is 2.08 bits per heavy atom. The minimum atomic E-state index is 0. The molecular weight excluding hydrogens is 449 g/mol. The van der Waals surface area contributed by atoms with Crippen molar-refractivity contribution in [2.45, 2.75) is 52.6 Å². The van der Waals surface area contributed by atoms with Gasteiger partial charge in [-0.1, -0.05) is 0 Å². The van der Waals surface area contributed by atoms with Crippen LogP contribution in [-0.2, 0) is 25.9 Å². The number of rotatable bonds is 5. The van der Waals surface area contributed by atoms with Crippen LogP contribution in [0.15, 0.2) is 4.99 Å². The highest BCUT2D eigenvalue weighted by Crippen LogP contribution is 2.16. The molecule has 0 atom stereocenters. The number of thiazole rings is 1. The third kappa shape index (κ3) is 5.13. The number of fused-ring (bicyclic) bond motifs is 1. The summed E-state index contributed by atoms with van der Waals surface area (Å²) >= 11 is 1.77. The monoisotopic (exact) mass is 475 g/mol. The van der Waals surface area contributed by atoms with Crippen molar-refractivity contribution in [2.75, 3.05) is 13.6 Å². The highest BCUT2D eigenvalue weighted by atomic mass is 127. The quantitative estimate of drug-likeness (QED) is 0.394. The van der Waals surface area contributed by atoms with Gasteiger partial charge >= 0.3 is 0 Å². The predicted octanol–water partition coefficient (Wildman–Crippen LogP) is 2.21. The van der Waals surface area contributed by atoms with Gasteiger partial charge in [-0.25, -0.2) is 4.98 Å². The molecular formula is C16H26IN7S. The van der Waals surface area contributed by atoms with Crippen molar-refractivity contribution < 1.29 is 0 Å². The maximum Gasteiger partial charge on any atom is 0.191 e. The minimum Gasteiger partial charge on any atom is -0.356 e. The topological polar surface area (TPSA) is 80.0 Å². The molecule has 25 heavy (non-hydrogen) atoms. The third-order valence-corrected chi connectivity index (χ3v) is 5.41. The van der Waals surface area contributed by atoms with Crippen molar-refractivity contribution in [1.29, 1.82) is 0 Å². The van der Waals surface area contributed by atoms with Gasteiger partial charge in [-0.2, -0.15) is 0 Å². The average Bonchev–Trinajstić information content (AvgIpc) is 3.14. The first-order valence-electron chi connectivity index (χ1n) is 8.45. The van der Waals surface area contributed by atoms with Gasteiger partial charge in [0.05, 0.1) is 17.2 Å². The predicted molar refractivity (Wildman–Crippen MR) is 112 cm³/mol. The van der Waals surface area contributed by atoms with Crippen LogP contribution < -0.4 is 10.6 Å². The molecule has 2 aromatic rings. The van der Waals surface area contributed by atoms with Gasteiger partial charge in [0.25, 0.3) is 0 Å². The van der Waals surface area contributed by atoms with Crippen molar-refractivity contribution in [1.82, 2.24) is 30.4 Å². The van der Waals surface area contributed by atoms with E-state index in [1.807, 2.05) is 0 Å². The molecule has 2 aromatic heterocycles. The number of halogens is 1. The smallest absolute Gasteiger partial charge is 0.191 e. The van der Waals surface area contributed by atoms with E-state index in [0.717, 1.165) is 49.2 Å². The molecule has 7 nitrogen and oxygen atoms in total. The van der Waals surface area contributed by atoms with Crippen LogP contribution in [-0.4, -0.2) is 39.3 Å². The number of nitrogens with zero attached hydrogens (tertiary/aromatic N) is 5. The number of aromatic nitrogens is 4. The summed E-state index contributed by atoms with van der Waals surface area (Å²) in [5, 5.41) is 16.4. The van der Waals surface area contributed by atoms with Crippen molar-refractivity contribution in [3.05, 3.63) is 27.2 Å². The molecule has 138 valence electrons. The fraction of sp³-hybridized carbons (Fsp3) is 0.625. The van der Waals surface area contributed by atoms with Crippen LogP contribution in [0.3, 0.4) is 0 Å². The van der Waals surface area contributed by atoms with Crippen LogP contribution in [0.4, 0.5) is 0 Å². The Morgan fingerprint density at radius 1 is 1.24 bits per heavy atom. The Morgan fingerprint density at radius 3 is 2.80 bits per heavy atom. The van der Waals surface area contributed by atoms with Crippen molar-refractivity contribution >= 4 is 41.3 Å². The second kappa shape index (κ2) is 9.46. The van der Waals surface area contributed by atoms with Crippen LogP contribution in [0.1, 0.15) is 40.1 Å². The first-order valence-corrected chi connectivity index (χ1v) is 9.27. The first kappa shape index (κ1) is 20.1. The van der Waals surface area contributed by atoms with E-state index < -0.39 is 0 Å². The lowest BCUT2D eigenvalue weighted by Crippen LogP contribution is -2.38. The summed E-state index contributed by atoms with van der Waals surface area (Å²) < 4.78 is 2.23. The second-order valence-corrected chi connectivity index (χ2v) is 7.28. The van der Waals surface area contributed by atoms with E-state index in [1.54, 1.807) is 18.4 Å². The molecule has 3 heterocycles. The molecule has 0 aliphatic carbocycles. The normalized spacial score (nSPS) is 14.0. The van der Waals surface area contributed by atoms with Crippen LogP contribution in [0.5, 0.6) is 0 Å². The number of aryl methyl sites for hydroxylation is 3. The summed E-state index contributed by atoms with van der Waals surface area (Å²) in [4.78, 5) is 10.1. The number of nitrogens with one attached hydrogen (secondary N) is 2. The van der Waals surface area contributed by atoms with Gasteiger partial charge in [0.2, 0.25) is 0 Å². The van der Waals surface area contributed by atoms with Gasteiger partial charge in [0.15, 0.2) is 11.8 Å². The van der Waals surface area contributed by atoms with Gasteiger partial charge in [-0.15, -0.1) is 45.5 Å². The number of hydrogen-bond donors (Lipinski definition) is 2. The lowest BCUT2D eigenvalue weighted by atomic mass is 10.2. The van der Waals surface area contributed by atoms with Crippen molar-refractivity contribution in [3.63, 3.8) is 0 Å². The Kier molecular flexibility index (Phi) is 7.60. The molecule has 0 amide bonds. The van der Waals surface area contributed by atoms with Gasteiger partial charge in [0, 0.05) is 37.9 Å². The molecule has 0 unspecified atom stereocenters. The molecule has 2 N–H and O–H groups in total. The van der Waals surface area contributed by atoms with E-state index in [1.165, 1.54) is 22.7 Å². The summed E-state index contributed by atoms with van der Waals surface area (Å²) in [6.45, 7) is 6.65. The lowest BCUT2D eigenvalue weighted by molar-refractivity contribution is 0.504. The molecule has 0 saturated heterocycles. The highest BCUT2D eigenvalue weighted by molar-refractivity contribution is 14.0. The standard InChI is InChI=1S/C16H25N7S.HI/c1-11-12(2)24-15(20-11)7-8-18-16(17-3)19-10-14-22-21-13-6-4-5-9-23(13)14;/h4-10H2,1-3H3,(H2,17,18,19);1H. The second-order valence-electron chi connectivity index (χ2n) is 5.99. The summed E-state index contributed by atoms with van der Waals surface area (Å²) in [5.74, 6) is 2.88. The zero-order valence-corrected chi connectivity index (χ0v) is 18.1. The molecule has 0 bridgehead atoms. The molecule has 9 heteroatoms. The summed E-state index contributed by atoms with van der Waals surface area (Å²) in [6, 6.07) is 0. The Hall–Kier alpha value is -1.23. The number of guanidine groups is 1. The van der Waals surface area contributed by atoms with E-state index in [0.29, 0.717) is 6.54 Å². The summed E-state index contributed by atoms with van der Waals surface area (Å²) in [7, 11) is 1.78. The highest BCUT2D eigenvalue weighted by Gasteiger charge is 2.15. The molecule has 0 fully saturated rings. The van der Waals surface area contributed by atoms with E-state index in [-0.39, 0.29) is 24.0 Å². The molecule has 1 aliphatic rings. The molecule has 0 spiro atoms. The Labute approximate surface area is 169 Å². The fourth-order valence-corrected chi connectivity index (χ4v) is 3.75. The van der Waals surface area contributed by atoms with Crippen LogP contribution in [0, 0.1) is 13.8 Å². The van der Waals surface area contributed by atoms with Gasteiger partial charge in [0.1, 0.15) is 5.82 Å². The van der Waals surface area contributed by atoms with E-state index in [2.05, 4.69) is 49.2 Å². The van der Waals surface area contributed by atoms with Gasteiger partial charge < -0.3 is 15.2 Å². The van der Waals surface area contributed by atoms with Crippen LogP contribution >= 0.6 is 35.3 Å². The van der Waals surface area contributed by atoms with Crippen LogP contribution in [0.25, 0.3) is 0 Å². The van der Waals surface area contributed by atoms with Crippen molar-refractivity contribution in [3.8, 4) is 0 Å². The largest absolute Gasteiger partial charge is 0.356 e.